The van der Waals surface area contributed by atoms with Crippen molar-refractivity contribution in [1.29, 1.82) is 5.26 Å². The molecule has 3 aromatic carbocycles. The summed E-state index contributed by atoms with van der Waals surface area (Å²) < 4.78 is 13.2. The lowest BCUT2D eigenvalue weighted by atomic mass is 10.1. The molecule has 1 atom stereocenters. The summed E-state index contributed by atoms with van der Waals surface area (Å²) in [5, 5.41) is 25.9. The van der Waals surface area contributed by atoms with Crippen LogP contribution >= 0.6 is 11.3 Å². The summed E-state index contributed by atoms with van der Waals surface area (Å²) >= 11 is 1.13. The van der Waals surface area contributed by atoms with Crippen molar-refractivity contribution >= 4 is 34.1 Å². The third-order valence-electron chi connectivity index (χ3n) is 4.90. The van der Waals surface area contributed by atoms with Crippen molar-refractivity contribution in [2.45, 2.75) is 12.5 Å². The van der Waals surface area contributed by atoms with Gasteiger partial charge in [-0.15, -0.1) is 10.2 Å². The van der Waals surface area contributed by atoms with Gasteiger partial charge in [-0.1, -0.05) is 47.7 Å². The lowest BCUT2D eigenvalue weighted by Crippen LogP contribution is -2.46. The molecule has 0 fully saturated rings. The highest BCUT2D eigenvalue weighted by Crippen LogP contribution is 2.26. The van der Waals surface area contributed by atoms with Gasteiger partial charge in [0.05, 0.1) is 11.6 Å². The molecule has 0 spiro atoms. The molecule has 4 rings (SSSR count). The van der Waals surface area contributed by atoms with Crippen LogP contribution in [0, 0.1) is 17.1 Å². The van der Waals surface area contributed by atoms with Gasteiger partial charge in [0.1, 0.15) is 16.9 Å². The van der Waals surface area contributed by atoms with Crippen LogP contribution in [0.15, 0.2) is 78.9 Å². The van der Waals surface area contributed by atoms with E-state index < -0.39 is 18.0 Å². The predicted octanol–water partition coefficient (Wildman–Crippen LogP) is 4.59. The van der Waals surface area contributed by atoms with Crippen LogP contribution in [0.1, 0.15) is 11.1 Å². The number of nitriles is 1. The van der Waals surface area contributed by atoms with Gasteiger partial charge in [-0.2, -0.15) is 5.26 Å². The topological polar surface area (TPSA) is 120 Å². The Hall–Kier alpha value is -4.62. The molecule has 3 amide bonds. The molecule has 35 heavy (non-hydrogen) atoms. The van der Waals surface area contributed by atoms with Crippen LogP contribution in [-0.4, -0.2) is 28.2 Å². The molecule has 0 aliphatic carbocycles. The minimum Gasteiger partial charge on any atom is -0.326 e. The van der Waals surface area contributed by atoms with Crippen molar-refractivity contribution in [3.05, 3.63) is 95.8 Å². The molecule has 8 nitrogen and oxygen atoms in total. The molecule has 0 saturated heterocycles. The molecule has 1 heterocycles. The van der Waals surface area contributed by atoms with E-state index in [4.69, 9.17) is 5.26 Å². The van der Waals surface area contributed by atoms with Crippen molar-refractivity contribution in [2.24, 2.45) is 0 Å². The Morgan fingerprint density at radius 3 is 2.49 bits per heavy atom. The van der Waals surface area contributed by atoms with Gasteiger partial charge in [-0.3, -0.25) is 10.1 Å². The average molecular weight is 487 g/mol. The number of halogens is 1. The second kappa shape index (κ2) is 11.0. The number of hydrogen-bond donors (Lipinski definition) is 3. The summed E-state index contributed by atoms with van der Waals surface area (Å²) in [4.78, 5) is 25.7. The van der Waals surface area contributed by atoms with Crippen LogP contribution in [-0.2, 0) is 11.2 Å². The Morgan fingerprint density at radius 2 is 1.74 bits per heavy atom. The molecule has 0 bridgehead atoms. The van der Waals surface area contributed by atoms with E-state index in [9.17, 15) is 14.0 Å². The highest BCUT2D eigenvalue weighted by molar-refractivity contribution is 7.18. The van der Waals surface area contributed by atoms with E-state index >= 15 is 0 Å². The summed E-state index contributed by atoms with van der Waals surface area (Å²) in [6.45, 7) is 0. The minimum atomic E-state index is -0.922. The van der Waals surface area contributed by atoms with E-state index in [2.05, 4.69) is 26.1 Å². The highest BCUT2D eigenvalue weighted by atomic mass is 32.1. The van der Waals surface area contributed by atoms with Gasteiger partial charge in [0, 0.05) is 17.7 Å². The smallest absolute Gasteiger partial charge is 0.319 e. The number of rotatable bonds is 7. The van der Waals surface area contributed by atoms with Gasteiger partial charge in [0.15, 0.2) is 0 Å². The fourth-order valence-electron chi connectivity index (χ4n) is 3.23. The molecule has 1 aromatic heterocycles. The van der Waals surface area contributed by atoms with Gasteiger partial charge in [0.25, 0.3) is 0 Å². The van der Waals surface area contributed by atoms with Crippen molar-refractivity contribution in [2.75, 3.05) is 10.6 Å². The molecule has 174 valence electrons. The number of nitrogens with zero attached hydrogens (tertiary/aromatic N) is 3. The SMILES string of the molecule is N#Cc1cccc(NC(=O)N[C@@H](Cc2ccccc2)C(=O)Nc2nnc(-c3ccc(F)cc3)s2)c1. The standard InChI is InChI=1S/C25H19FN6O2S/c26-19-11-9-18(10-12-19)23-31-32-25(35-23)30-22(33)21(14-16-5-2-1-3-6-16)29-24(34)28-20-8-4-7-17(13-20)15-27/h1-13,21H,14H2,(H2,28,29,34)(H,30,32,33)/t21-/m0/s1. The average Bonchev–Trinajstić information content (AvgIpc) is 3.33. The Balaban J connectivity index is 1.47. The van der Waals surface area contributed by atoms with E-state index in [-0.39, 0.29) is 17.4 Å². The van der Waals surface area contributed by atoms with Crippen molar-refractivity contribution < 1.29 is 14.0 Å². The number of carbonyl (C=O) groups is 2. The van der Waals surface area contributed by atoms with Gasteiger partial charge in [0.2, 0.25) is 11.0 Å². The molecule has 0 unspecified atom stereocenters. The number of anilines is 2. The van der Waals surface area contributed by atoms with E-state index in [1.54, 1.807) is 30.3 Å². The predicted molar refractivity (Wildman–Crippen MR) is 131 cm³/mol. The fourth-order valence-corrected chi connectivity index (χ4v) is 3.98. The second-order valence-electron chi connectivity index (χ2n) is 7.44. The molecule has 0 radical (unpaired) electrons. The van der Waals surface area contributed by atoms with Crippen LogP contribution in [0.3, 0.4) is 0 Å². The van der Waals surface area contributed by atoms with Crippen molar-refractivity contribution in [1.82, 2.24) is 15.5 Å². The Morgan fingerprint density at radius 1 is 0.971 bits per heavy atom. The minimum absolute atomic E-state index is 0.238. The summed E-state index contributed by atoms with van der Waals surface area (Å²) in [5.74, 6) is -0.837. The molecule has 0 aliphatic rings. The van der Waals surface area contributed by atoms with E-state index in [0.29, 0.717) is 21.8 Å². The summed E-state index contributed by atoms with van der Waals surface area (Å²) in [6.07, 6.45) is 0.238. The fraction of sp³-hybridized carbons (Fsp3) is 0.0800. The Kier molecular flexibility index (Phi) is 7.40. The van der Waals surface area contributed by atoms with Crippen LogP contribution in [0.5, 0.6) is 0 Å². The third kappa shape index (κ3) is 6.46. The van der Waals surface area contributed by atoms with Gasteiger partial charge in [-0.25, -0.2) is 9.18 Å². The molecule has 4 aromatic rings. The van der Waals surface area contributed by atoms with Crippen LogP contribution < -0.4 is 16.0 Å². The lowest BCUT2D eigenvalue weighted by molar-refractivity contribution is -0.117. The quantitative estimate of drug-likeness (QED) is 0.353. The van der Waals surface area contributed by atoms with Crippen molar-refractivity contribution in [3.63, 3.8) is 0 Å². The molecule has 3 N–H and O–H groups in total. The number of amides is 3. The Bertz CT molecular complexity index is 1370. The van der Waals surface area contributed by atoms with Crippen LogP contribution in [0.25, 0.3) is 10.6 Å². The number of aromatic nitrogens is 2. The van der Waals surface area contributed by atoms with Gasteiger partial charge in [-0.05, 0) is 48.0 Å². The molecular formula is C25H19FN6O2S. The zero-order chi connectivity index (χ0) is 24.6. The maximum absolute atomic E-state index is 13.2. The Labute approximate surface area is 204 Å². The summed E-state index contributed by atoms with van der Waals surface area (Å²) in [7, 11) is 0. The first kappa shape index (κ1) is 23.5. The van der Waals surface area contributed by atoms with Crippen LogP contribution in [0.4, 0.5) is 20.0 Å². The number of hydrogen-bond acceptors (Lipinski definition) is 6. The number of urea groups is 1. The second-order valence-corrected chi connectivity index (χ2v) is 8.42. The third-order valence-corrected chi connectivity index (χ3v) is 5.79. The van der Waals surface area contributed by atoms with Gasteiger partial charge >= 0.3 is 6.03 Å². The highest BCUT2D eigenvalue weighted by Gasteiger charge is 2.23. The lowest BCUT2D eigenvalue weighted by Gasteiger charge is -2.18. The number of carbonyl (C=O) groups excluding carboxylic acids is 2. The zero-order valence-electron chi connectivity index (χ0n) is 18.2. The van der Waals surface area contributed by atoms with Crippen molar-refractivity contribution in [3.8, 4) is 16.6 Å². The first-order chi connectivity index (χ1) is 17.0. The molecule has 10 heteroatoms. The number of nitrogens with one attached hydrogen (secondary N) is 3. The summed E-state index contributed by atoms with van der Waals surface area (Å²) in [5.41, 5.74) is 2.34. The van der Waals surface area contributed by atoms with Gasteiger partial charge < -0.3 is 10.6 Å². The maximum Gasteiger partial charge on any atom is 0.319 e. The summed E-state index contributed by atoms with van der Waals surface area (Å²) in [6, 6.07) is 22.0. The maximum atomic E-state index is 13.2. The van der Waals surface area contributed by atoms with E-state index in [1.807, 2.05) is 36.4 Å². The first-order valence-electron chi connectivity index (χ1n) is 10.5. The normalized spacial score (nSPS) is 11.2. The van der Waals surface area contributed by atoms with Crippen LogP contribution in [0.2, 0.25) is 0 Å². The molecule has 0 aliphatic heterocycles. The number of benzene rings is 3. The largest absolute Gasteiger partial charge is 0.326 e. The van der Waals surface area contributed by atoms with E-state index in [0.717, 1.165) is 16.9 Å². The van der Waals surface area contributed by atoms with E-state index in [1.165, 1.54) is 18.2 Å². The monoisotopic (exact) mass is 486 g/mol. The first-order valence-corrected chi connectivity index (χ1v) is 11.3. The zero-order valence-corrected chi connectivity index (χ0v) is 19.1. The molecule has 0 saturated carbocycles. The molecular weight excluding hydrogens is 467 g/mol.